The van der Waals surface area contributed by atoms with Gasteiger partial charge in [-0.2, -0.15) is 0 Å². The van der Waals surface area contributed by atoms with Crippen LogP contribution in [0, 0.1) is 0 Å². The Bertz CT molecular complexity index is 327. The Labute approximate surface area is 122 Å². The number of aromatic carboxylic acids is 1. The molecule has 0 aliphatic rings. The number of urea groups is 1. The number of carbonyl (C=O) groups excluding carboxylic acids is 1. The Morgan fingerprint density at radius 2 is 2.08 bits per heavy atom. The molecule has 1 rings (SSSR count). The summed E-state index contributed by atoms with van der Waals surface area (Å²) in [6.07, 6.45) is 0. The second-order valence-electron chi connectivity index (χ2n) is 1.76. The van der Waals surface area contributed by atoms with Gasteiger partial charge in [0.1, 0.15) is 0 Å². The SMILES string of the molecule is NC(=O)Nc1n[se]nc1C(=O)O.[K]. The predicted octanol–water partition coefficient (Wildman–Crippen LogP) is -1.66. The van der Waals surface area contributed by atoms with Crippen LogP contribution in [0.4, 0.5) is 10.6 Å². The number of rotatable bonds is 2. The van der Waals surface area contributed by atoms with Crippen LogP contribution < -0.4 is 11.1 Å². The molecule has 0 aliphatic heterocycles. The normalized spacial score (nSPS) is 8.62. The van der Waals surface area contributed by atoms with E-state index in [-0.39, 0.29) is 62.9 Å². The van der Waals surface area contributed by atoms with Gasteiger partial charge in [0.25, 0.3) is 0 Å². The summed E-state index contributed by atoms with van der Waals surface area (Å²) < 4.78 is 7.24. The van der Waals surface area contributed by atoms with E-state index in [2.05, 4.69) is 13.3 Å². The Morgan fingerprint density at radius 1 is 1.46 bits per heavy atom. The predicted molar refractivity (Wildman–Crippen MR) is 44.9 cm³/mol. The van der Waals surface area contributed by atoms with Crippen LogP contribution in [0.5, 0.6) is 0 Å². The number of nitrogens with two attached hydrogens (primary N) is 1. The van der Waals surface area contributed by atoms with Crippen molar-refractivity contribution in [3.05, 3.63) is 5.69 Å². The summed E-state index contributed by atoms with van der Waals surface area (Å²) in [4.78, 5) is 20.7. The molecule has 1 heterocycles. The standard InChI is InChI=1S/C4H4N4O3Se.K/c5-4(11)6-2-1(3(9)10)7-12-8-2;/h(H,9,10)(H3,5,6,8,11);. The maximum atomic E-state index is 10.4. The monoisotopic (exact) mass is 275 g/mol. The molecule has 2 amide bonds. The number of hydrogen-bond donors (Lipinski definition) is 3. The van der Waals surface area contributed by atoms with E-state index in [1.807, 2.05) is 0 Å². The molecule has 0 aromatic carbocycles. The minimum Gasteiger partial charge on any atom is 0 e. The molecule has 0 bridgehead atoms. The molecular weight excluding hydrogens is 270 g/mol. The molecule has 0 atom stereocenters. The number of anilines is 1. The number of nitrogens with one attached hydrogen (secondary N) is 1. The average molecular weight is 274 g/mol. The quantitative estimate of drug-likeness (QED) is 0.558. The second kappa shape index (κ2) is 5.86. The van der Waals surface area contributed by atoms with Gasteiger partial charge in [-0.3, -0.25) is 0 Å². The average Bonchev–Trinajstić information content (AvgIpc) is 2.33. The van der Waals surface area contributed by atoms with E-state index in [1.54, 1.807) is 0 Å². The zero-order chi connectivity index (χ0) is 9.14. The van der Waals surface area contributed by atoms with Crippen molar-refractivity contribution in [3.8, 4) is 0 Å². The second-order valence-corrected chi connectivity index (χ2v) is 2.86. The third-order valence-corrected chi connectivity index (χ3v) is 2.04. The van der Waals surface area contributed by atoms with Gasteiger partial charge in [0.15, 0.2) is 0 Å². The van der Waals surface area contributed by atoms with Gasteiger partial charge in [0.2, 0.25) is 0 Å². The molecule has 0 spiro atoms. The number of carbonyl (C=O) groups is 2. The number of primary amides is 1. The zero-order valence-electron chi connectivity index (χ0n) is 6.64. The molecule has 0 saturated carbocycles. The fourth-order valence-corrected chi connectivity index (χ4v) is 1.58. The number of nitrogens with zero attached hydrogens (tertiary/aromatic N) is 2. The summed E-state index contributed by atoms with van der Waals surface area (Å²) >= 11 is -0.495. The van der Waals surface area contributed by atoms with Gasteiger partial charge in [0.05, 0.1) is 0 Å². The van der Waals surface area contributed by atoms with Gasteiger partial charge in [-0.05, 0) is 0 Å². The third-order valence-electron chi connectivity index (χ3n) is 0.933. The Hall–Kier alpha value is 0.236. The fraction of sp³-hybridized carbons (Fsp3) is 0. The molecule has 7 nitrogen and oxygen atoms in total. The summed E-state index contributed by atoms with van der Waals surface area (Å²) in [6.45, 7) is 0. The summed E-state index contributed by atoms with van der Waals surface area (Å²) in [7, 11) is 0. The van der Waals surface area contributed by atoms with E-state index in [9.17, 15) is 9.59 Å². The molecule has 1 aromatic rings. The maximum absolute atomic E-state index is 10.4. The fourth-order valence-electron chi connectivity index (χ4n) is 0.528. The van der Waals surface area contributed by atoms with Crippen molar-refractivity contribution in [3.63, 3.8) is 0 Å². The Morgan fingerprint density at radius 3 is 2.54 bits per heavy atom. The van der Waals surface area contributed by atoms with E-state index in [4.69, 9.17) is 10.8 Å². The van der Waals surface area contributed by atoms with E-state index in [0.717, 1.165) is 0 Å². The van der Waals surface area contributed by atoms with Gasteiger partial charge in [-0.15, -0.1) is 0 Å². The molecule has 0 saturated heterocycles. The van der Waals surface area contributed by atoms with Crippen LogP contribution in [0.15, 0.2) is 0 Å². The first-order chi connectivity index (χ1) is 5.61. The number of amides is 2. The Kier molecular flexibility index (Phi) is 5.97. The molecule has 1 aromatic heterocycles. The number of carboxylic acids is 1. The zero-order valence-corrected chi connectivity index (χ0v) is 11.5. The van der Waals surface area contributed by atoms with Gasteiger partial charge >= 0.3 is 72.2 Å². The van der Waals surface area contributed by atoms with Crippen molar-refractivity contribution in [1.29, 1.82) is 0 Å². The molecule has 4 N–H and O–H groups in total. The van der Waals surface area contributed by atoms with Crippen LogP contribution in [0.3, 0.4) is 0 Å². The number of hydrogen-bond acceptors (Lipinski definition) is 4. The van der Waals surface area contributed by atoms with Crippen molar-refractivity contribution in [2.75, 3.05) is 5.32 Å². The van der Waals surface area contributed by atoms with Gasteiger partial charge in [-0.25, -0.2) is 0 Å². The van der Waals surface area contributed by atoms with E-state index < -0.39 is 27.0 Å². The maximum Gasteiger partial charge on any atom is 0 e. The van der Waals surface area contributed by atoms with Gasteiger partial charge in [0, 0.05) is 51.4 Å². The molecule has 1 radical (unpaired) electrons. The first kappa shape index (κ1) is 13.2. The molecule has 13 heavy (non-hydrogen) atoms. The smallest absolute Gasteiger partial charge is 0 e. The van der Waals surface area contributed by atoms with Crippen LogP contribution in [-0.4, -0.2) is 91.4 Å². The van der Waals surface area contributed by atoms with Crippen LogP contribution in [0.1, 0.15) is 10.5 Å². The van der Waals surface area contributed by atoms with Crippen LogP contribution >= 0.6 is 0 Å². The minimum absolute atomic E-state index is 0. The first-order valence-electron chi connectivity index (χ1n) is 2.73. The van der Waals surface area contributed by atoms with E-state index >= 15 is 0 Å². The van der Waals surface area contributed by atoms with Crippen molar-refractivity contribution in [2.24, 2.45) is 5.73 Å². The van der Waals surface area contributed by atoms with Crippen molar-refractivity contribution in [1.82, 2.24) is 7.96 Å². The van der Waals surface area contributed by atoms with E-state index in [1.165, 1.54) is 0 Å². The molecular formula is C4H4KN4O3Se. The topological polar surface area (TPSA) is 118 Å². The molecule has 0 fully saturated rings. The molecule has 0 unspecified atom stereocenters. The number of carboxylic acid groups (broad SMARTS) is 1. The Balaban J connectivity index is 0.00000144. The van der Waals surface area contributed by atoms with Gasteiger partial charge in [-0.1, -0.05) is 0 Å². The van der Waals surface area contributed by atoms with E-state index in [0.29, 0.717) is 0 Å². The van der Waals surface area contributed by atoms with Crippen LogP contribution in [-0.2, 0) is 0 Å². The number of aromatic nitrogens is 2. The van der Waals surface area contributed by atoms with Crippen molar-refractivity contribution >= 4 is 84.2 Å². The molecule has 0 aliphatic carbocycles. The van der Waals surface area contributed by atoms with Crippen molar-refractivity contribution in [2.45, 2.75) is 0 Å². The summed E-state index contributed by atoms with van der Waals surface area (Å²) in [5.41, 5.74) is 4.52. The summed E-state index contributed by atoms with van der Waals surface area (Å²) in [5.74, 6) is -1.28. The van der Waals surface area contributed by atoms with Crippen molar-refractivity contribution < 1.29 is 14.7 Å². The van der Waals surface area contributed by atoms with Crippen LogP contribution in [0.2, 0.25) is 0 Å². The van der Waals surface area contributed by atoms with Crippen LogP contribution in [0.25, 0.3) is 0 Å². The summed E-state index contributed by atoms with van der Waals surface area (Å²) in [5, 5.41) is 10.6. The van der Waals surface area contributed by atoms with Gasteiger partial charge < -0.3 is 0 Å². The largest absolute Gasteiger partial charge is 0 e. The molecule has 9 heteroatoms. The third kappa shape index (κ3) is 3.86. The minimum atomic E-state index is -1.22. The molecule has 65 valence electrons. The first-order valence-corrected chi connectivity index (χ1v) is 4.27. The summed E-state index contributed by atoms with van der Waals surface area (Å²) in [6, 6.07) is -0.847.